The normalized spacial score (nSPS) is 10.8. The monoisotopic (exact) mass is 277 g/mol. The van der Waals surface area contributed by atoms with Crippen molar-refractivity contribution in [1.82, 2.24) is 9.88 Å². The molecule has 0 aliphatic carbocycles. The number of nitrogens with zero attached hydrogens (tertiary/aromatic N) is 3. The van der Waals surface area contributed by atoms with Crippen molar-refractivity contribution in [2.75, 3.05) is 11.5 Å². The first kappa shape index (κ1) is 15.5. The molecule has 0 unspecified atom stereocenters. The lowest BCUT2D eigenvalue weighted by Gasteiger charge is -2.35. The Hall–Kier alpha value is -1.54. The van der Waals surface area contributed by atoms with Crippen LogP contribution in [0.4, 0.5) is 0 Å². The molecule has 19 heavy (non-hydrogen) atoms. The molecule has 0 saturated carbocycles. The second kappa shape index (κ2) is 7.15. The highest BCUT2D eigenvalue weighted by molar-refractivity contribution is 8.00. The molecule has 0 aromatic carbocycles. The van der Waals surface area contributed by atoms with Gasteiger partial charge >= 0.3 is 0 Å². The van der Waals surface area contributed by atoms with Gasteiger partial charge in [-0.25, -0.2) is 0 Å². The third kappa shape index (κ3) is 5.31. The molecule has 0 fully saturated rings. The molecule has 1 aromatic heterocycles. The number of pyridine rings is 1. The predicted octanol–water partition coefficient (Wildman–Crippen LogP) is 2.47. The number of thioether (sulfide) groups is 1. The van der Waals surface area contributed by atoms with Gasteiger partial charge in [-0.2, -0.15) is 5.26 Å². The van der Waals surface area contributed by atoms with Crippen LogP contribution >= 0.6 is 11.8 Å². The van der Waals surface area contributed by atoms with Crippen LogP contribution in [0.25, 0.3) is 0 Å². The number of rotatable bonds is 5. The Kier molecular flexibility index (Phi) is 5.84. The standard InChI is InChI=1S/C14H19N3OS/c1-14(2,3)17(13(18)11-19-9-7-15)10-12-6-4-5-8-16-12/h4-6,8H,9-11H2,1-3H3. The summed E-state index contributed by atoms with van der Waals surface area (Å²) in [5.74, 6) is 0.712. The van der Waals surface area contributed by atoms with E-state index in [1.807, 2.05) is 45.0 Å². The van der Waals surface area contributed by atoms with Gasteiger partial charge in [-0.05, 0) is 32.9 Å². The van der Waals surface area contributed by atoms with E-state index in [9.17, 15) is 4.79 Å². The fourth-order valence-corrected chi connectivity index (χ4v) is 2.14. The average molecular weight is 277 g/mol. The zero-order valence-electron chi connectivity index (χ0n) is 11.6. The van der Waals surface area contributed by atoms with Crippen LogP contribution in [0.2, 0.25) is 0 Å². The lowest BCUT2D eigenvalue weighted by atomic mass is 10.1. The predicted molar refractivity (Wildman–Crippen MR) is 77.5 cm³/mol. The van der Waals surface area contributed by atoms with Gasteiger partial charge in [0, 0.05) is 11.7 Å². The highest BCUT2D eigenvalue weighted by atomic mass is 32.2. The van der Waals surface area contributed by atoms with Crippen molar-refractivity contribution in [3.63, 3.8) is 0 Å². The first-order valence-electron chi connectivity index (χ1n) is 6.10. The van der Waals surface area contributed by atoms with Crippen LogP contribution in [0, 0.1) is 11.3 Å². The smallest absolute Gasteiger partial charge is 0.233 e. The van der Waals surface area contributed by atoms with Gasteiger partial charge in [0.1, 0.15) is 0 Å². The van der Waals surface area contributed by atoms with Crippen molar-refractivity contribution in [3.05, 3.63) is 30.1 Å². The number of hydrogen-bond donors (Lipinski definition) is 0. The quantitative estimate of drug-likeness (QED) is 0.776. The van der Waals surface area contributed by atoms with Gasteiger partial charge in [-0.15, -0.1) is 11.8 Å². The molecule has 0 saturated heterocycles. The molecule has 1 heterocycles. The molecule has 4 nitrogen and oxygen atoms in total. The van der Waals surface area contributed by atoms with Crippen LogP contribution < -0.4 is 0 Å². The minimum atomic E-state index is -0.262. The molecule has 5 heteroatoms. The number of nitriles is 1. The van der Waals surface area contributed by atoms with Crippen molar-refractivity contribution in [3.8, 4) is 6.07 Å². The summed E-state index contributed by atoms with van der Waals surface area (Å²) in [4.78, 5) is 18.3. The Bertz CT molecular complexity index is 448. The molecule has 0 atom stereocenters. The Labute approximate surface area is 118 Å². The summed E-state index contributed by atoms with van der Waals surface area (Å²) in [5, 5.41) is 8.51. The maximum atomic E-state index is 12.2. The van der Waals surface area contributed by atoms with Gasteiger partial charge in [-0.1, -0.05) is 6.07 Å². The van der Waals surface area contributed by atoms with Crippen LogP contribution in [0.15, 0.2) is 24.4 Å². The molecular weight excluding hydrogens is 258 g/mol. The molecule has 0 bridgehead atoms. The van der Waals surface area contributed by atoms with Gasteiger partial charge in [0.15, 0.2) is 0 Å². The molecule has 1 rings (SSSR count). The Morgan fingerprint density at radius 3 is 2.74 bits per heavy atom. The minimum Gasteiger partial charge on any atom is -0.331 e. The van der Waals surface area contributed by atoms with E-state index in [4.69, 9.17) is 5.26 Å². The third-order valence-electron chi connectivity index (χ3n) is 2.55. The first-order chi connectivity index (χ1) is 8.95. The van der Waals surface area contributed by atoms with Gasteiger partial charge in [0.2, 0.25) is 5.91 Å². The zero-order chi connectivity index (χ0) is 14.3. The minimum absolute atomic E-state index is 0.0402. The number of aromatic nitrogens is 1. The molecule has 0 N–H and O–H groups in total. The molecule has 102 valence electrons. The van der Waals surface area contributed by atoms with E-state index >= 15 is 0 Å². The summed E-state index contributed by atoms with van der Waals surface area (Å²) in [5.41, 5.74) is 0.609. The van der Waals surface area contributed by atoms with E-state index in [1.54, 1.807) is 11.1 Å². The van der Waals surface area contributed by atoms with E-state index in [-0.39, 0.29) is 11.4 Å². The molecular formula is C14H19N3OS. The second-order valence-corrected chi connectivity index (χ2v) is 6.11. The van der Waals surface area contributed by atoms with E-state index < -0.39 is 0 Å². The second-order valence-electron chi connectivity index (χ2n) is 5.12. The molecule has 1 amide bonds. The summed E-state index contributed by atoms with van der Waals surface area (Å²) < 4.78 is 0. The first-order valence-corrected chi connectivity index (χ1v) is 7.25. The SMILES string of the molecule is CC(C)(C)N(Cc1ccccn1)C(=O)CSCC#N. The fraction of sp³-hybridized carbons (Fsp3) is 0.500. The van der Waals surface area contributed by atoms with Crippen molar-refractivity contribution >= 4 is 17.7 Å². The zero-order valence-corrected chi connectivity index (χ0v) is 12.4. The molecule has 0 spiro atoms. The lowest BCUT2D eigenvalue weighted by molar-refractivity contribution is -0.133. The van der Waals surface area contributed by atoms with Crippen LogP contribution in [0.3, 0.4) is 0 Å². The van der Waals surface area contributed by atoms with Gasteiger partial charge < -0.3 is 4.90 Å². The van der Waals surface area contributed by atoms with E-state index in [0.29, 0.717) is 18.1 Å². The Morgan fingerprint density at radius 1 is 1.47 bits per heavy atom. The summed E-state index contributed by atoms with van der Waals surface area (Å²) in [6.07, 6.45) is 1.73. The average Bonchev–Trinajstić information content (AvgIpc) is 2.36. The number of amides is 1. The number of hydrogen-bond acceptors (Lipinski definition) is 4. The largest absolute Gasteiger partial charge is 0.331 e. The van der Waals surface area contributed by atoms with Crippen molar-refractivity contribution in [2.45, 2.75) is 32.9 Å². The summed E-state index contributed by atoms with van der Waals surface area (Å²) >= 11 is 1.34. The van der Waals surface area contributed by atoms with E-state index in [2.05, 4.69) is 4.98 Å². The van der Waals surface area contributed by atoms with Crippen LogP contribution in [0.5, 0.6) is 0 Å². The Balaban J connectivity index is 2.73. The number of carbonyl (C=O) groups is 1. The van der Waals surface area contributed by atoms with Crippen LogP contribution in [0.1, 0.15) is 26.5 Å². The fourth-order valence-electron chi connectivity index (χ4n) is 1.62. The third-order valence-corrected chi connectivity index (χ3v) is 3.33. The van der Waals surface area contributed by atoms with Crippen LogP contribution in [-0.4, -0.2) is 32.8 Å². The molecule has 0 aliphatic heterocycles. The summed E-state index contributed by atoms with van der Waals surface area (Å²) in [6, 6.07) is 7.71. The highest BCUT2D eigenvalue weighted by Crippen LogP contribution is 2.18. The van der Waals surface area contributed by atoms with E-state index in [0.717, 1.165) is 5.69 Å². The van der Waals surface area contributed by atoms with Crippen molar-refractivity contribution in [1.29, 1.82) is 5.26 Å². The Morgan fingerprint density at radius 2 is 2.21 bits per heavy atom. The summed E-state index contributed by atoms with van der Waals surface area (Å²) in [6.45, 7) is 6.50. The molecule has 1 aromatic rings. The van der Waals surface area contributed by atoms with Gasteiger partial charge in [-0.3, -0.25) is 9.78 Å². The lowest BCUT2D eigenvalue weighted by Crippen LogP contribution is -2.46. The maximum Gasteiger partial charge on any atom is 0.233 e. The van der Waals surface area contributed by atoms with Crippen molar-refractivity contribution < 1.29 is 4.79 Å². The van der Waals surface area contributed by atoms with Gasteiger partial charge in [0.25, 0.3) is 0 Å². The summed E-state index contributed by atoms with van der Waals surface area (Å²) in [7, 11) is 0. The van der Waals surface area contributed by atoms with Crippen molar-refractivity contribution in [2.24, 2.45) is 0 Å². The van der Waals surface area contributed by atoms with E-state index in [1.165, 1.54) is 11.8 Å². The molecule has 0 radical (unpaired) electrons. The van der Waals surface area contributed by atoms with Gasteiger partial charge in [0.05, 0.1) is 29.8 Å². The molecule has 0 aliphatic rings. The van der Waals surface area contributed by atoms with Crippen LogP contribution in [-0.2, 0) is 11.3 Å². The highest BCUT2D eigenvalue weighted by Gasteiger charge is 2.26. The maximum absolute atomic E-state index is 12.2. The number of carbonyl (C=O) groups excluding carboxylic acids is 1. The topological polar surface area (TPSA) is 57.0 Å².